The van der Waals surface area contributed by atoms with Crippen molar-refractivity contribution < 1.29 is 0 Å². The molecule has 1 aliphatic carbocycles. The molecular formula is C34H51N3. The Morgan fingerprint density at radius 1 is 0.730 bits per heavy atom. The SMILES string of the molecule is CCCCCCCCCCc1ccc(-c2cnc([C@H]3CC[C@@](C#N)(CCCCCCC)CC3)nc2)cc1. The topological polar surface area (TPSA) is 49.6 Å². The number of nitriles is 1. The van der Waals surface area contributed by atoms with Crippen molar-refractivity contribution in [2.24, 2.45) is 5.41 Å². The van der Waals surface area contributed by atoms with Gasteiger partial charge in [-0.25, -0.2) is 9.97 Å². The Morgan fingerprint density at radius 2 is 1.27 bits per heavy atom. The van der Waals surface area contributed by atoms with Crippen LogP contribution >= 0.6 is 0 Å². The molecule has 0 N–H and O–H groups in total. The van der Waals surface area contributed by atoms with Gasteiger partial charge in [-0.1, -0.05) is 115 Å². The van der Waals surface area contributed by atoms with Crippen molar-refractivity contribution in [1.82, 2.24) is 9.97 Å². The highest BCUT2D eigenvalue weighted by Gasteiger charge is 2.36. The fraction of sp³-hybridized carbons (Fsp3) is 0.676. The molecule has 0 amide bonds. The number of rotatable bonds is 17. The molecule has 3 nitrogen and oxygen atoms in total. The average molecular weight is 502 g/mol. The molecule has 2 aromatic rings. The van der Waals surface area contributed by atoms with Gasteiger partial charge < -0.3 is 0 Å². The van der Waals surface area contributed by atoms with Gasteiger partial charge in [0.15, 0.2) is 0 Å². The zero-order valence-electron chi connectivity index (χ0n) is 23.8. The van der Waals surface area contributed by atoms with Crippen molar-refractivity contribution >= 4 is 0 Å². The Bertz CT molecular complexity index is 902. The van der Waals surface area contributed by atoms with Crippen molar-refractivity contribution in [3.8, 4) is 17.2 Å². The minimum atomic E-state index is -0.112. The maximum Gasteiger partial charge on any atom is 0.131 e. The van der Waals surface area contributed by atoms with E-state index in [-0.39, 0.29) is 5.41 Å². The Hall–Kier alpha value is -2.21. The fourth-order valence-corrected chi connectivity index (χ4v) is 5.94. The van der Waals surface area contributed by atoms with Gasteiger partial charge in [-0.15, -0.1) is 0 Å². The first-order valence-corrected chi connectivity index (χ1v) is 15.5. The lowest BCUT2D eigenvalue weighted by atomic mass is 9.68. The summed E-state index contributed by atoms with van der Waals surface area (Å²) in [6.07, 6.45) is 27.6. The second-order valence-electron chi connectivity index (χ2n) is 11.6. The lowest BCUT2D eigenvalue weighted by molar-refractivity contribution is 0.219. The minimum absolute atomic E-state index is 0.112. The van der Waals surface area contributed by atoms with Crippen molar-refractivity contribution in [3.05, 3.63) is 48.0 Å². The smallest absolute Gasteiger partial charge is 0.131 e. The molecule has 0 saturated heterocycles. The summed E-state index contributed by atoms with van der Waals surface area (Å²) in [4.78, 5) is 9.55. The summed E-state index contributed by atoms with van der Waals surface area (Å²) in [5.74, 6) is 1.36. The van der Waals surface area contributed by atoms with Gasteiger partial charge in [0, 0.05) is 23.9 Å². The molecule has 0 radical (unpaired) electrons. The number of hydrogen-bond acceptors (Lipinski definition) is 3. The van der Waals surface area contributed by atoms with Gasteiger partial charge >= 0.3 is 0 Å². The summed E-state index contributed by atoms with van der Waals surface area (Å²) < 4.78 is 0. The van der Waals surface area contributed by atoms with E-state index in [9.17, 15) is 5.26 Å². The zero-order valence-corrected chi connectivity index (χ0v) is 23.8. The van der Waals surface area contributed by atoms with Crippen LogP contribution < -0.4 is 0 Å². The number of benzene rings is 1. The molecule has 1 aromatic heterocycles. The van der Waals surface area contributed by atoms with E-state index in [2.05, 4.69) is 44.2 Å². The highest BCUT2D eigenvalue weighted by Crippen LogP contribution is 2.45. The molecule has 37 heavy (non-hydrogen) atoms. The summed E-state index contributed by atoms with van der Waals surface area (Å²) in [5, 5.41) is 9.91. The third-order valence-corrected chi connectivity index (χ3v) is 8.58. The van der Waals surface area contributed by atoms with E-state index >= 15 is 0 Å². The third kappa shape index (κ3) is 9.88. The van der Waals surface area contributed by atoms with E-state index in [1.807, 2.05) is 12.4 Å². The molecule has 202 valence electrons. The van der Waals surface area contributed by atoms with Gasteiger partial charge in [0.1, 0.15) is 5.82 Å². The first kappa shape index (κ1) is 29.3. The second kappa shape index (κ2) is 16.6. The van der Waals surface area contributed by atoms with Gasteiger partial charge in [-0.2, -0.15) is 5.26 Å². The predicted octanol–water partition coefficient (Wildman–Crippen LogP) is 10.4. The average Bonchev–Trinajstić information content (AvgIpc) is 2.95. The molecule has 3 heteroatoms. The highest BCUT2D eigenvalue weighted by atomic mass is 14.9. The van der Waals surface area contributed by atoms with Gasteiger partial charge in [0.05, 0.1) is 11.5 Å². The Morgan fingerprint density at radius 3 is 1.84 bits per heavy atom. The summed E-state index contributed by atoms with van der Waals surface area (Å²) in [7, 11) is 0. The van der Waals surface area contributed by atoms with Crippen molar-refractivity contribution in [1.29, 1.82) is 5.26 Å². The second-order valence-corrected chi connectivity index (χ2v) is 11.6. The Balaban J connectivity index is 1.41. The normalized spacial score (nSPS) is 19.5. The van der Waals surface area contributed by atoms with Crippen LogP contribution in [0.5, 0.6) is 0 Å². The largest absolute Gasteiger partial charge is 0.240 e. The van der Waals surface area contributed by atoms with E-state index in [0.29, 0.717) is 5.92 Å². The fourth-order valence-electron chi connectivity index (χ4n) is 5.94. The molecule has 0 spiro atoms. The Labute approximate surface area is 227 Å². The molecule has 3 rings (SSSR count). The van der Waals surface area contributed by atoms with Crippen LogP contribution in [0.25, 0.3) is 11.1 Å². The maximum absolute atomic E-state index is 9.91. The van der Waals surface area contributed by atoms with Crippen LogP contribution in [0.3, 0.4) is 0 Å². The highest BCUT2D eigenvalue weighted by molar-refractivity contribution is 5.61. The number of hydrogen-bond donors (Lipinski definition) is 0. The quantitative estimate of drug-likeness (QED) is 0.202. The monoisotopic (exact) mass is 501 g/mol. The van der Waals surface area contributed by atoms with Crippen LogP contribution in [0.15, 0.2) is 36.7 Å². The van der Waals surface area contributed by atoms with Gasteiger partial charge in [-0.05, 0) is 56.1 Å². The van der Waals surface area contributed by atoms with Gasteiger partial charge in [0.25, 0.3) is 0 Å². The molecule has 0 unspecified atom stereocenters. The van der Waals surface area contributed by atoms with Gasteiger partial charge in [0.2, 0.25) is 0 Å². The third-order valence-electron chi connectivity index (χ3n) is 8.58. The van der Waals surface area contributed by atoms with E-state index in [4.69, 9.17) is 9.97 Å². The molecule has 1 aromatic carbocycles. The van der Waals surface area contributed by atoms with Crippen molar-refractivity contribution in [2.45, 2.75) is 142 Å². The van der Waals surface area contributed by atoms with Crippen molar-refractivity contribution in [2.75, 3.05) is 0 Å². The molecule has 1 heterocycles. The lowest BCUT2D eigenvalue weighted by Gasteiger charge is -2.34. The summed E-state index contributed by atoms with van der Waals surface area (Å²) in [6, 6.07) is 11.7. The number of unbranched alkanes of at least 4 members (excludes halogenated alkanes) is 11. The molecule has 1 saturated carbocycles. The van der Waals surface area contributed by atoms with Crippen LogP contribution in [0.2, 0.25) is 0 Å². The first-order chi connectivity index (χ1) is 18.2. The molecular weight excluding hydrogens is 450 g/mol. The maximum atomic E-state index is 9.91. The minimum Gasteiger partial charge on any atom is -0.240 e. The van der Waals surface area contributed by atoms with E-state index in [1.54, 1.807) is 0 Å². The lowest BCUT2D eigenvalue weighted by Crippen LogP contribution is -2.26. The van der Waals surface area contributed by atoms with Crippen molar-refractivity contribution in [3.63, 3.8) is 0 Å². The van der Waals surface area contributed by atoms with Gasteiger partial charge in [-0.3, -0.25) is 0 Å². The Kier molecular flexibility index (Phi) is 13.2. The van der Waals surface area contributed by atoms with Crippen LogP contribution in [0.1, 0.15) is 147 Å². The predicted molar refractivity (Wildman–Crippen MR) is 156 cm³/mol. The standard InChI is InChI=1S/C34H51N3/c1-3-5-7-9-10-11-12-14-16-29-17-19-30(20-18-29)32-26-36-33(37-27-32)31-21-24-34(28-35,25-22-31)23-15-13-8-6-4-2/h17-20,26-27,31H,3-16,21-25H2,1-2H3/t31-,34-. The summed E-state index contributed by atoms with van der Waals surface area (Å²) in [6.45, 7) is 4.53. The first-order valence-electron chi connectivity index (χ1n) is 15.5. The molecule has 1 aliphatic rings. The van der Waals surface area contributed by atoms with Crippen LogP contribution in [-0.4, -0.2) is 9.97 Å². The number of aryl methyl sites for hydroxylation is 1. The van der Waals surface area contributed by atoms with E-state index in [1.165, 1.54) is 101 Å². The van der Waals surface area contributed by atoms with Crippen LogP contribution in [0.4, 0.5) is 0 Å². The van der Waals surface area contributed by atoms with E-state index in [0.717, 1.165) is 43.5 Å². The molecule has 1 fully saturated rings. The van der Waals surface area contributed by atoms with Crippen LogP contribution in [-0.2, 0) is 6.42 Å². The molecule has 0 atom stereocenters. The van der Waals surface area contributed by atoms with E-state index < -0.39 is 0 Å². The molecule has 0 bridgehead atoms. The summed E-state index contributed by atoms with van der Waals surface area (Å²) in [5.41, 5.74) is 3.61. The zero-order chi connectivity index (χ0) is 26.2. The summed E-state index contributed by atoms with van der Waals surface area (Å²) >= 11 is 0. The van der Waals surface area contributed by atoms with Crippen LogP contribution in [0, 0.1) is 16.7 Å². The number of nitrogens with zero attached hydrogens (tertiary/aromatic N) is 3. The number of aromatic nitrogens is 2. The molecule has 0 aliphatic heterocycles.